The smallest absolute Gasteiger partial charge is 0.240 e. The highest BCUT2D eigenvalue weighted by molar-refractivity contribution is 7.89. The normalized spacial score (nSPS) is 15.0. The maximum atomic E-state index is 13.3. The summed E-state index contributed by atoms with van der Waals surface area (Å²) < 4.78 is 34.8. The van der Waals surface area contributed by atoms with E-state index < -0.39 is 15.4 Å². The minimum absolute atomic E-state index is 0.154. The van der Waals surface area contributed by atoms with Gasteiger partial charge in [0.15, 0.2) is 11.5 Å². The van der Waals surface area contributed by atoms with Crippen molar-refractivity contribution in [1.29, 1.82) is 0 Å². The highest BCUT2D eigenvalue weighted by atomic mass is 32.2. The molecule has 1 aliphatic rings. The van der Waals surface area contributed by atoms with Crippen LogP contribution in [0.15, 0.2) is 53.4 Å². The van der Waals surface area contributed by atoms with Gasteiger partial charge in [-0.25, -0.2) is 13.1 Å². The lowest BCUT2D eigenvalue weighted by molar-refractivity contribution is 0.404. The fourth-order valence-electron chi connectivity index (χ4n) is 4.56. The third kappa shape index (κ3) is 4.79. The summed E-state index contributed by atoms with van der Waals surface area (Å²) in [4.78, 5) is 2.38. The topological polar surface area (TPSA) is 99.1 Å². The quantitative estimate of drug-likeness (QED) is 0.427. The molecule has 1 fully saturated rings. The van der Waals surface area contributed by atoms with E-state index in [2.05, 4.69) is 9.62 Å². The van der Waals surface area contributed by atoms with E-state index in [-0.39, 0.29) is 22.9 Å². The Bertz CT molecular complexity index is 1300. The van der Waals surface area contributed by atoms with Crippen LogP contribution in [0, 0.1) is 0 Å². The number of phenolic OH excluding ortho intramolecular Hbond substituents is 2. The molecular formula is C26H32N2O5S. The van der Waals surface area contributed by atoms with Crippen molar-refractivity contribution in [2.24, 2.45) is 0 Å². The number of sulfonamides is 1. The zero-order valence-corrected chi connectivity index (χ0v) is 20.7. The number of nitrogens with one attached hydrogen (secondary N) is 1. The summed E-state index contributed by atoms with van der Waals surface area (Å²) in [6.07, 6.45) is 3.33. The summed E-state index contributed by atoms with van der Waals surface area (Å²) >= 11 is 0. The van der Waals surface area contributed by atoms with E-state index in [0.29, 0.717) is 5.75 Å². The molecule has 34 heavy (non-hydrogen) atoms. The number of methoxy groups -OCH3 is 1. The summed E-state index contributed by atoms with van der Waals surface area (Å²) in [5, 5.41) is 21.4. The molecule has 4 rings (SSSR count). The highest BCUT2D eigenvalue weighted by Crippen LogP contribution is 2.37. The monoisotopic (exact) mass is 484 g/mol. The Morgan fingerprint density at radius 3 is 2.41 bits per heavy atom. The van der Waals surface area contributed by atoms with Gasteiger partial charge in [0.2, 0.25) is 10.0 Å². The highest BCUT2D eigenvalue weighted by Gasteiger charge is 2.27. The van der Waals surface area contributed by atoms with Crippen molar-refractivity contribution in [3.05, 3.63) is 54.1 Å². The van der Waals surface area contributed by atoms with Gasteiger partial charge in [-0.15, -0.1) is 0 Å². The van der Waals surface area contributed by atoms with Gasteiger partial charge in [0.1, 0.15) is 5.75 Å². The molecule has 3 N–H and O–H groups in total. The van der Waals surface area contributed by atoms with Crippen molar-refractivity contribution in [3.63, 3.8) is 0 Å². The molecule has 0 unspecified atom stereocenters. The average molecular weight is 485 g/mol. The van der Waals surface area contributed by atoms with Crippen LogP contribution in [0.25, 0.3) is 10.8 Å². The predicted octanol–water partition coefficient (Wildman–Crippen LogP) is 4.51. The van der Waals surface area contributed by atoms with E-state index >= 15 is 0 Å². The molecule has 0 aromatic heterocycles. The zero-order valence-electron chi connectivity index (χ0n) is 19.8. The van der Waals surface area contributed by atoms with Gasteiger partial charge < -0.3 is 19.8 Å². The molecule has 0 atom stereocenters. The van der Waals surface area contributed by atoms with Crippen LogP contribution in [-0.2, 0) is 15.4 Å². The van der Waals surface area contributed by atoms with E-state index in [0.717, 1.165) is 48.0 Å². The Balaban J connectivity index is 1.61. The molecule has 0 spiro atoms. The molecule has 0 saturated carbocycles. The number of anilines is 1. The van der Waals surface area contributed by atoms with Gasteiger partial charge in [-0.2, -0.15) is 0 Å². The van der Waals surface area contributed by atoms with Gasteiger partial charge in [0, 0.05) is 25.0 Å². The first-order valence-corrected chi connectivity index (χ1v) is 13.0. The summed E-state index contributed by atoms with van der Waals surface area (Å²) in [5.74, 6) is 0.270. The molecule has 1 aliphatic heterocycles. The second-order valence-electron chi connectivity index (χ2n) is 9.46. The van der Waals surface area contributed by atoms with Gasteiger partial charge in [0.25, 0.3) is 0 Å². The van der Waals surface area contributed by atoms with Gasteiger partial charge in [-0.05, 0) is 65.9 Å². The number of aromatic hydroxyl groups is 2. The molecule has 0 amide bonds. The van der Waals surface area contributed by atoms with Crippen LogP contribution in [0.1, 0.15) is 38.7 Å². The second-order valence-corrected chi connectivity index (χ2v) is 11.2. The lowest BCUT2D eigenvalue weighted by Crippen LogP contribution is -2.37. The van der Waals surface area contributed by atoms with Crippen molar-refractivity contribution in [1.82, 2.24) is 4.72 Å². The van der Waals surface area contributed by atoms with Crippen LogP contribution in [0.2, 0.25) is 0 Å². The number of benzene rings is 3. The van der Waals surface area contributed by atoms with E-state index in [4.69, 9.17) is 4.74 Å². The molecule has 0 radical (unpaired) electrons. The van der Waals surface area contributed by atoms with Crippen molar-refractivity contribution in [3.8, 4) is 17.2 Å². The number of piperidine rings is 1. The largest absolute Gasteiger partial charge is 0.504 e. The lowest BCUT2D eigenvalue weighted by atomic mass is 9.82. The molecule has 3 aromatic carbocycles. The minimum atomic E-state index is -3.78. The molecule has 0 bridgehead atoms. The first kappa shape index (κ1) is 24.2. The summed E-state index contributed by atoms with van der Waals surface area (Å²) in [6.45, 7) is 5.80. The summed E-state index contributed by atoms with van der Waals surface area (Å²) in [6, 6.07) is 13.6. The predicted molar refractivity (Wildman–Crippen MR) is 135 cm³/mol. The number of rotatable bonds is 7. The van der Waals surface area contributed by atoms with Crippen LogP contribution in [0.3, 0.4) is 0 Å². The molecule has 1 saturated heterocycles. The van der Waals surface area contributed by atoms with Gasteiger partial charge in [-0.1, -0.05) is 32.0 Å². The average Bonchev–Trinajstić information content (AvgIpc) is 2.83. The van der Waals surface area contributed by atoms with E-state index in [9.17, 15) is 18.6 Å². The van der Waals surface area contributed by atoms with Crippen molar-refractivity contribution >= 4 is 26.5 Å². The Morgan fingerprint density at radius 2 is 1.71 bits per heavy atom. The number of fused-ring (bicyclic) bond motifs is 1. The van der Waals surface area contributed by atoms with Crippen LogP contribution in [0.4, 0.5) is 5.69 Å². The second kappa shape index (κ2) is 9.35. The maximum absolute atomic E-state index is 13.3. The SMILES string of the molecule is COc1ccc(S(=O)(=O)NCC(C)(C)c2cccc3cc(O)c(O)cc23)cc1N1CCCCC1. The molecule has 0 aliphatic carbocycles. The first-order chi connectivity index (χ1) is 16.1. The number of hydrogen-bond donors (Lipinski definition) is 3. The van der Waals surface area contributed by atoms with Crippen LogP contribution in [0.5, 0.6) is 17.2 Å². The van der Waals surface area contributed by atoms with Crippen LogP contribution in [-0.4, -0.2) is 45.4 Å². The third-order valence-corrected chi connectivity index (χ3v) is 7.97. The Hall–Kier alpha value is -2.97. The number of ether oxygens (including phenoxy) is 1. The third-order valence-electron chi connectivity index (χ3n) is 6.57. The van der Waals surface area contributed by atoms with Crippen LogP contribution < -0.4 is 14.4 Å². The number of nitrogens with zero attached hydrogens (tertiary/aromatic N) is 1. The molecule has 8 heteroatoms. The van der Waals surface area contributed by atoms with Gasteiger partial charge in [0.05, 0.1) is 17.7 Å². The molecule has 3 aromatic rings. The number of phenols is 2. The fraction of sp³-hybridized carbons (Fsp3) is 0.385. The maximum Gasteiger partial charge on any atom is 0.240 e. The van der Waals surface area contributed by atoms with Crippen molar-refractivity contribution in [2.45, 2.75) is 43.4 Å². The molecular weight excluding hydrogens is 452 g/mol. The van der Waals surface area contributed by atoms with E-state index in [1.807, 2.05) is 32.0 Å². The van der Waals surface area contributed by atoms with E-state index in [1.165, 1.54) is 18.6 Å². The van der Waals surface area contributed by atoms with Gasteiger partial charge >= 0.3 is 0 Å². The fourth-order valence-corrected chi connectivity index (χ4v) is 5.80. The van der Waals surface area contributed by atoms with E-state index in [1.54, 1.807) is 25.3 Å². The molecule has 1 heterocycles. The molecule has 7 nitrogen and oxygen atoms in total. The first-order valence-electron chi connectivity index (χ1n) is 11.5. The lowest BCUT2D eigenvalue weighted by Gasteiger charge is -2.30. The standard InChI is InChI=1S/C26H32N2O5S/c1-26(2,21-9-7-8-18-14-23(29)24(30)16-20(18)21)17-27-34(31,32)19-10-11-25(33-3)22(15-19)28-12-5-4-6-13-28/h7-11,14-16,27,29-30H,4-6,12-13,17H2,1-3H3. The minimum Gasteiger partial charge on any atom is -0.504 e. The van der Waals surface area contributed by atoms with Crippen LogP contribution >= 0.6 is 0 Å². The van der Waals surface area contributed by atoms with Crippen molar-refractivity contribution < 1.29 is 23.4 Å². The summed E-state index contributed by atoms with van der Waals surface area (Å²) in [5.41, 5.74) is 1.08. The number of hydrogen-bond acceptors (Lipinski definition) is 6. The Labute approximate surface area is 201 Å². The zero-order chi connectivity index (χ0) is 24.5. The molecule has 182 valence electrons. The Morgan fingerprint density at radius 1 is 1.00 bits per heavy atom. The van der Waals surface area contributed by atoms with Gasteiger partial charge in [-0.3, -0.25) is 0 Å². The van der Waals surface area contributed by atoms with Crippen molar-refractivity contribution in [2.75, 3.05) is 31.6 Å². The summed E-state index contributed by atoms with van der Waals surface area (Å²) in [7, 11) is -2.18. The Kier molecular flexibility index (Phi) is 6.64.